The Morgan fingerprint density at radius 2 is 1.74 bits per heavy atom. The van der Waals surface area contributed by atoms with E-state index in [1.807, 2.05) is 32.9 Å². The van der Waals surface area contributed by atoms with Gasteiger partial charge in [-0.05, 0) is 38.0 Å². The minimum Gasteiger partial charge on any atom is -0.478 e. The normalized spacial score (nSPS) is 10.4. The summed E-state index contributed by atoms with van der Waals surface area (Å²) in [5, 5.41) is 11.7. The lowest BCUT2D eigenvalue weighted by Crippen LogP contribution is -2.28. The number of aryl methyl sites for hydroxylation is 3. The number of benzene rings is 1. The number of pyridine rings is 1. The van der Waals surface area contributed by atoms with Crippen molar-refractivity contribution in [3.05, 3.63) is 63.1 Å². The number of amides is 1. The number of carboxylic acid groups (broad SMARTS) is 1. The molecule has 0 aliphatic carbocycles. The van der Waals surface area contributed by atoms with E-state index in [0.29, 0.717) is 5.69 Å². The van der Waals surface area contributed by atoms with Gasteiger partial charge in [-0.3, -0.25) is 9.59 Å². The standard InChI is InChI=1S/C17H18N2O4/c1-10-6-11(2)16(12(3)7-10)18-14(20)9-19-8-13(17(22)23)4-5-15(19)21/h4-8H,9H2,1-3H3,(H,18,20)(H,22,23). The van der Waals surface area contributed by atoms with Gasteiger partial charge in [-0.1, -0.05) is 17.7 Å². The molecule has 0 aliphatic heterocycles. The van der Waals surface area contributed by atoms with E-state index >= 15 is 0 Å². The van der Waals surface area contributed by atoms with Crippen LogP contribution < -0.4 is 10.9 Å². The second-order valence-electron chi connectivity index (χ2n) is 5.51. The second-order valence-corrected chi connectivity index (χ2v) is 5.51. The van der Waals surface area contributed by atoms with Crippen molar-refractivity contribution in [2.75, 3.05) is 5.32 Å². The van der Waals surface area contributed by atoms with Crippen LogP contribution in [0.15, 0.2) is 35.3 Å². The van der Waals surface area contributed by atoms with Crippen LogP contribution in [0.4, 0.5) is 5.69 Å². The van der Waals surface area contributed by atoms with Gasteiger partial charge in [0, 0.05) is 18.0 Å². The first-order chi connectivity index (χ1) is 10.8. The zero-order chi connectivity index (χ0) is 17.1. The number of carboxylic acids is 1. The third-order valence-corrected chi connectivity index (χ3v) is 3.49. The van der Waals surface area contributed by atoms with E-state index in [1.165, 1.54) is 12.3 Å². The smallest absolute Gasteiger partial charge is 0.337 e. The topological polar surface area (TPSA) is 88.4 Å². The van der Waals surface area contributed by atoms with Crippen molar-refractivity contribution in [3.8, 4) is 0 Å². The Labute approximate surface area is 133 Å². The first-order valence-corrected chi connectivity index (χ1v) is 7.09. The number of nitrogens with one attached hydrogen (secondary N) is 1. The van der Waals surface area contributed by atoms with Crippen LogP contribution >= 0.6 is 0 Å². The predicted molar refractivity (Wildman–Crippen MR) is 86.9 cm³/mol. The molecule has 0 fully saturated rings. The zero-order valence-electron chi connectivity index (χ0n) is 13.2. The van der Waals surface area contributed by atoms with Gasteiger partial charge in [0.25, 0.3) is 5.56 Å². The van der Waals surface area contributed by atoms with Crippen LogP contribution in [0.3, 0.4) is 0 Å². The first-order valence-electron chi connectivity index (χ1n) is 7.09. The average Bonchev–Trinajstić information content (AvgIpc) is 2.45. The number of aromatic carboxylic acids is 1. The molecule has 1 aromatic heterocycles. The van der Waals surface area contributed by atoms with E-state index in [1.54, 1.807) is 0 Å². The Bertz CT molecular complexity index is 814. The highest BCUT2D eigenvalue weighted by Gasteiger charge is 2.11. The summed E-state index contributed by atoms with van der Waals surface area (Å²) < 4.78 is 1.08. The largest absolute Gasteiger partial charge is 0.478 e. The predicted octanol–water partition coefficient (Wildman–Crippen LogP) is 2.11. The average molecular weight is 314 g/mol. The number of anilines is 1. The summed E-state index contributed by atoms with van der Waals surface area (Å²) in [4.78, 5) is 34.9. The van der Waals surface area contributed by atoms with Crippen LogP contribution in [0.1, 0.15) is 27.0 Å². The molecule has 0 radical (unpaired) electrons. The molecular formula is C17H18N2O4. The monoisotopic (exact) mass is 314 g/mol. The number of hydrogen-bond donors (Lipinski definition) is 2. The summed E-state index contributed by atoms with van der Waals surface area (Å²) in [6, 6.07) is 6.27. The summed E-state index contributed by atoms with van der Waals surface area (Å²) >= 11 is 0. The van der Waals surface area contributed by atoms with E-state index in [9.17, 15) is 14.4 Å². The molecule has 6 nitrogen and oxygen atoms in total. The minimum atomic E-state index is -1.15. The Kier molecular flexibility index (Phi) is 4.64. The molecular weight excluding hydrogens is 296 g/mol. The Balaban J connectivity index is 2.22. The van der Waals surface area contributed by atoms with Crippen LogP contribution in [-0.2, 0) is 11.3 Å². The van der Waals surface area contributed by atoms with Gasteiger partial charge in [0.15, 0.2) is 0 Å². The molecule has 0 unspecified atom stereocenters. The van der Waals surface area contributed by atoms with Gasteiger partial charge in [-0.15, -0.1) is 0 Å². The third kappa shape index (κ3) is 3.85. The highest BCUT2D eigenvalue weighted by atomic mass is 16.4. The summed E-state index contributed by atoms with van der Waals surface area (Å²) in [6.45, 7) is 5.52. The molecule has 2 aromatic rings. The Morgan fingerprint density at radius 3 is 2.30 bits per heavy atom. The van der Waals surface area contributed by atoms with Gasteiger partial charge < -0.3 is 15.0 Å². The molecule has 1 heterocycles. The fourth-order valence-electron chi connectivity index (χ4n) is 2.49. The van der Waals surface area contributed by atoms with Crippen molar-refractivity contribution < 1.29 is 14.7 Å². The van der Waals surface area contributed by atoms with Crippen LogP contribution in [0.25, 0.3) is 0 Å². The molecule has 0 saturated carbocycles. The van der Waals surface area contributed by atoms with E-state index in [4.69, 9.17) is 5.11 Å². The van der Waals surface area contributed by atoms with Crippen LogP contribution in [-0.4, -0.2) is 21.6 Å². The summed E-state index contributed by atoms with van der Waals surface area (Å²) in [6.07, 6.45) is 1.17. The van der Waals surface area contributed by atoms with Crippen LogP contribution in [0, 0.1) is 20.8 Å². The second kappa shape index (κ2) is 6.48. The van der Waals surface area contributed by atoms with Crippen molar-refractivity contribution in [3.63, 3.8) is 0 Å². The van der Waals surface area contributed by atoms with Crippen LogP contribution in [0.2, 0.25) is 0 Å². The first kappa shape index (κ1) is 16.5. The van der Waals surface area contributed by atoms with Crippen molar-refractivity contribution in [1.29, 1.82) is 0 Å². The van der Waals surface area contributed by atoms with Gasteiger partial charge in [-0.25, -0.2) is 4.79 Å². The minimum absolute atomic E-state index is 0.0416. The molecule has 0 saturated heterocycles. The fourth-order valence-corrected chi connectivity index (χ4v) is 2.49. The SMILES string of the molecule is Cc1cc(C)c(NC(=O)Cn2cc(C(=O)O)ccc2=O)c(C)c1. The van der Waals surface area contributed by atoms with Crippen molar-refractivity contribution in [2.45, 2.75) is 27.3 Å². The molecule has 0 spiro atoms. The van der Waals surface area contributed by atoms with E-state index in [2.05, 4.69) is 5.32 Å². The van der Waals surface area contributed by atoms with Gasteiger partial charge in [0.1, 0.15) is 6.54 Å². The maximum atomic E-state index is 12.2. The maximum absolute atomic E-state index is 12.2. The quantitative estimate of drug-likeness (QED) is 0.904. The number of rotatable bonds is 4. The molecule has 120 valence electrons. The molecule has 1 amide bonds. The summed E-state index contributed by atoms with van der Waals surface area (Å²) in [5.41, 5.74) is 3.21. The number of carbonyl (C=O) groups excluding carboxylic acids is 1. The van der Waals surface area contributed by atoms with E-state index in [0.717, 1.165) is 27.3 Å². The number of aromatic nitrogens is 1. The van der Waals surface area contributed by atoms with Gasteiger partial charge in [-0.2, -0.15) is 0 Å². The number of hydrogen-bond acceptors (Lipinski definition) is 3. The number of nitrogens with zero attached hydrogens (tertiary/aromatic N) is 1. The third-order valence-electron chi connectivity index (χ3n) is 3.49. The molecule has 0 aliphatic rings. The van der Waals surface area contributed by atoms with Crippen molar-refractivity contribution in [1.82, 2.24) is 4.57 Å². The molecule has 1 aromatic carbocycles. The molecule has 6 heteroatoms. The Morgan fingerprint density at radius 1 is 1.13 bits per heavy atom. The molecule has 2 rings (SSSR count). The van der Waals surface area contributed by atoms with Gasteiger partial charge in [0.2, 0.25) is 5.91 Å². The van der Waals surface area contributed by atoms with Crippen LogP contribution in [0.5, 0.6) is 0 Å². The molecule has 0 bridgehead atoms. The van der Waals surface area contributed by atoms with Crippen molar-refractivity contribution >= 4 is 17.6 Å². The summed E-state index contributed by atoms with van der Waals surface area (Å²) in [5.74, 6) is -1.53. The van der Waals surface area contributed by atoms with Gasteiger partial charge in [0.05, 0.1) is 5.56 Å². The Hall–Kier alpha value is -2.89. The highest BCUT2D eigenvalue weighted by Crippen LogP contribution is 2.21. The summed E-state index contributed by atoms with van der Waals surface area (Å²) in [7, 11) is 0. The highest BCUT2D eigenvalue weighted by molar-refractivity contribution is 5.92. The van der Waals surface area contributed by atoms with Gasteiger partial charge >= 0.3 is 5.97 Å². The molecule has 0 atom stereocenters. The lowest BCUT2D eigenvalue weighted by Gasteiger charge is -2.13. The van der Waals surface area contributed by atoms with E-state index in [-0.39, 0.29) is 18.0 Å². The zero-order valence-corrected chi connectivity index (χ0v) is 13.2. The number of carbonyl (C=O) groups is 2. The maximum Gasteiger partial charge on any atom is 0.337 e. The molecule has 2 N–H and O–H groups in total. The lowest BCUT2D eigenvalue weighted by molar-refractivity contribution is -0.116. The lowest BCUT2D eigenvalue weighted by atomic mass is 10.1. The van der Waals surface area contributed by atoms with E-state index < -0.39 is 11.5 Å². The fraction of sp³-hybridized carbons (Fsp3) is 0.235. The molecule has 23 heavy (non-hydrogen) atoms. The van der Waals surface area contributed by atoms with Crippen molar-refractivity contribution in [2.24, 2.45) is 0 Å².